The van der Waals surface area contributed by atoms with Crippen molar-refractivity contribution in [2.75, 3.05) is 7.11 Å². The van der Waals surface area contributed by atoms with E-state index in [1.54, 1.807) is 18.5 Å². The Bertz CT molecular complexity index is 1460. The molecule has 0 saturated carbocycles. The smallest absolute Gasteiger partial charge is 0.177 e. The first kappa shape index (κ1) is 22.1. The molecule has 2 aromatic heterocycles. The zero-order valence-corrected chi connectivity index (χ0v) is 18.6. The van der Waals surface area contributed by atoms with Gasteiger partial charge in [0.15, 0.2) is 11.6 Å². The van der Waals surface area contributed by atoms with Crippen LogP contribution in [0.15, 0.2) is 102 Å². The Hall–Kier alpha value is -4.72. The van der Waals surface area contributed by atoms with E-state index in [0.717, 1.165) is 15.8 Å². The van der Waals surface area contributed by atoms with Crippen molar-refractivity contribution in [1.29, 1.82) is 0 Å². The van der Waals surface area contributed by atoms with Crippen LogP contribution in [0.3, 0.4) is 0 Å². The minimum atomic E-state index is -0.852. The van der Waals surface area contributed by atoms with Gasteiger partial charge >= 0.3 is 0 Å². The third-order valence-corrected chi connectivity index (χ3v) is 5.34. The van der Waals surface area contributed by atoms with Crippen LogP contribution < -0.4 is 4.74 Å². The van der Waals surface area contributed by atoms with Gasteiger partial charge in [0.25, 0.3) is 0 Å². The molecule has 0 aliphatic rings. The second kappa shape index (κ2) is 9.64. The van der Waals surface area contributed by atoms with Gasteiger partial charge in [0, 0.05) is 22.9 Å². The van der Waals surface area contributed by atoms with E-state index in [9.17, 15) is 4.39 Å². The Morgan fingerprint density at radius 3 is 2.23 bits per heavy atom. The molecule has 35 heavy (non-hydrogen) atoms. The highest BCUT2D eigenvalue weighted by molar-refractivity contribution is 6.14. The van der Waals surface area contributed by atoms with Gasteiger partial charge in [0.1, 0.15) is 22.8 Å². The van der Waals surface area contributed by atoms with E-state index in [0.29, 0.717) is 22.7 Å². The summed E-state index contributed by atoms with van der Waals surface area (Å²) in [7, 11) is 1.52. The largest absolute Gasteiger partial charge is 0.495 e. The van der Waals surface area contributed by atoms with Gasteiger partial charge in [-0.2, -0.15) is 0 Å². The van der Waals surface area contributed by atoms with Crippen molar-refractivity contribution in [2.45, 2.75) is 0 Å². The molecule has 0 atom stereocenters. The van der Waals surface area contributed by atoms with Crippen LogP contribution in [0.2, 0.25) is 0 Å². The fourth-order valence-electron chi connectivity index (χ4n) is 3.61. The Morgan fingerprint density at radius 1 is 0.886 bits per heavy atom. The van der Waals surface area contributed by atoms with E-state index in [4.69, 9.17) is 4.74 Å². The van der Waals surface area contributed by atoms with E-state index < -0.39 is 11.6 Å². The summed E-state index contributed by atoms with van der Waals surface area (Å²) in [5.41, 5.74) is 2.75. The van der Waals surface area contributed by atoms with Crippen molar-refractivity contribution < 1.29 is 13.5 Å². The molecular weight excluding hydrogens is 448 g/mol. The van der Waals surface area contributed by atoms with Crippen molar-refractivity contribution in [1.82, 2.24) is 20.0 Å². The van der Waals surface area contributed by atoms with Crippen LogP contribution >= 0.6 is 0 Å². The molecule has 0 spiro atoms. The average molecular weight is 467 g/mol. The van der Waals surface area contributed by atoms with Crippen LogP contribution in [0.1, 0.15) is 11.1 Å². The molecule has 0 bridgehead atoms. The van der Waals surface area contributed by atoms with Crippen LogP contribution in [0.25, 0.3) is 16.9 Å². The predicted octanol–water partition coefficient (Wildman–Crippen LogP) is 5.79. The molecule has 0 N–H and O–H groups in total. The van der Waals surface area contributed by atoms with Crippen LogP contribution in [-0.2, 0) is 0 Å². The first-order chi connectivity index (χ1) is 17.1. The van der Waals surface area contributed by atoms with Crippen molar-refractivity contribution in [3.63, 3.8) is 0 Å². The third kappa shape index (κ3) is 4.54. The van der Waals surface area contributed by atoms with Crippen LogP contribution in [0.4, 0.5) is 14.5 Å². The summed E-state index contributed by atoms with van der Waals surface area (Å²) in [5, 5.41) is 8.00. The summed E-state index contributed by atoms with van der Waals surface area (Å²) in [5.74, 6) is -1.11. The first-order valence-corrected chi connectivity index (χ1v) is 10.7. The van der Waals surface area contributed by atoms with Gasteiger partial charge in [-0.1, -0.05) is 65.9 Å². The van der Waals surface area contributed by atoms with E-state index in [1.807, 2.05) is 60.7 Å². The minimum Gasteiger partial charge on any atom is -0.495 e. The summed E-state index contributed by atoms with van der Waals surface area (Å²) < 4.78 is 36.7. The Morgan fingerprint density at radius 2 is 1.57 bits per heavy atom. The molecule has 172 valence electrons. The minimum absolute atomic E-state index is 0.0239. The van der Waals surface area contributed by atoms with Crippen LogP contribution in [0, 0.1) is 11.6 Å². The number of ether oxygens (including phenoxy) is 1. The molecule has 0 unspecified atom stereocenters. The average Bonchev–Trinajstić information content (AvgIpc) is 3.39. The molecule has 5 aromatic rings. The fourth-order valence-corrected chi connectivity index (χ4v) is 3.61. The van der Waals surface area contributed by atoms with E-state index in [-0.39, 0.29) is 11.4 Å². The maximum absolute atomic E-state index is 15.7. The molecule has 0 saturated heterocycles. The maximum Gasteiger partial charge on any atom is 0.177 e. The lowest BCUT2D eigenvalue weighted by Crippen LogP contribution is -2.05. The molecule has 0 aliphatic carbocycles. The molecule has 0 fully saturated rings. The normalized spacial score (nSPS) is 10.7. The molecule has 0 radical (unpaired) electrons. The van der Waals surface area contributed by atoms with Crippen molar-refractivity contribution in [3.8, 4) is 22.7 Å². The number of hydrogen-bond acceptors (Lipinski definition) is 5. The molecule has 3 aromatic carbocycles. The number of benzene rings is 3. The SMILES string of the molecule is COc1cncc(-c2cn(-c3c(F)ccc(N=C(c4ccccc4)c4ccccc4)c3F)nn2)c1. The van der Waals surface area contributed by atoms with E-state index in [1.165, 1.54) is 25.4 Å². The van der Waals surface area contributed by atoms with Gasteiger partial charge in [0.2, 0.25) is 0 Å². The van der Waals surface area contributed by atoms with E-state index in [2.05, 4.69) is 20.3 Å². The number of pyridine rings is 1. The van der Waals surface area contributed by atoms with Crippen molar-refractivity contribution >= 4 is 11.4 Å². The Labute approximate surface area is 200 Å². The highest BCUT2D eigenvalue weighted by atomic mass is 19.1. The zero-order valence-electron chi connectivity index (χ0n) is 18.6. The van der Waals surface area contributed by atoms with Gasteiger partial charge in [0.05, 0.1) is 25.2 Å². The summed E-state index contributed by atoms with van der Waals surface area (Å²) in [6.07, 6.45) is 4.54. The quantitative estimate of drug-likeness (QED) is 0.297. The summed E-state index contributed by atoms with van der Waals surface area (Å²) in [6, 6.07) is 23.0. The van der Waals surface area contributed by atoms with Gasteiger partial charge < -0.3 is 4.74 Å². The number of nitrogens with zero attached hydrogens (tertiary/aromatic N) is 5. The predicted molar refractivity (Wildman–Crippen MR) is 129 cm³/mol. The highest BCUT2D eigenvalue weighted by Crippen LogP contribution is 2.29. The number of halogens is 2. The monoisotopic (exact) mass is 467 g/mol. The summed E-state index contributed by atoms with van der Waals surface area (Å²) >= 11 is 0. The number of aromatic nitrogens is 4. The van der Waals surface area contributed by atoms with Gasteiger partial charge in [-0.15, -0.1) is 5.10 Å². The Balaban J connectivity index is 1.60. The van der Waals surface area contributed by atoms with Crippen molar-refractivity contribution in [3.05, 3.63) is 120 Å². The number of methoxy groups -OCH3 is 1. The third-order valence-electron chi connectivity index (χ3n) is 5.34. The number of hydrogen-bond donors (Lipinski definition) is 0. The number of aliphatic imine (C=N–C) groups is 1. The second-order valence-corrected chi connectivity index (χ2v) is 7.58. The zero-order chi connectivity index (χ0) is 24.2. The molecule has 0 amide bonds. The summed E-state index contributed by atoms with van der Waals surface area (Å²) in [6.45, 7) is 0. The topological polar surface area (TPSA) is 65.2 Å². The molecule has 6 nitrogen and oxygen atoms in total. The van der Waals surface area contributed by atoms with Crippen molar-refractivity contribution in [2.24, 2.45) is 4.99 Å². The standard InChI is InChI=1S/C27H19F2N5O/c1-35-21-14-20(15-30-16-21)24-17-34(33-32-24)27-22(28)12-13-23(25(27)29)31-26(18-8-4-2-5-9-18)19-10-6-3-7-11-19/h2-17H,1H3. The lowest BCUT2D eigenvalue weighted by molar-refractivity contribution is 0.413. The van der Waals surface area contributed by atoms with Crippen LogP contribution in [0.5, 0.6) is 5.75 Å². The molecule has 8 heteroatoms. The summed E-state index contributed by atoms with van der Waals surface area (Å²) in [4.78, 5) is 8.69. The lowest BCUT2D eigenvalue weighted by atomic mass is 10.0. The van der Waals surface area contributed by atoms with Gasteiger partial charge in [-0.3, -0.25) is 4.98 Å². The molecule has 2 heterocycles. The van der Waals surface area contributed by atoms with Gasteiger partial charge in [-0.25, -0.2) is 18.5 Å². The fraction of sp³-hybridized carbons (Fsp3) is 0.0370. The van der Waals surface area contributed by atoms with Gasteiger partial charge in [-0.05, 0) is 18.2 Å². The molecule has 0 aliphatic heterocycles. The van der Waals surface area contributed by atoms with Crippen LogP contribution in [-0.4, -0.2) is 32.8 Å². The van der Waals surface area contributed by atoms with E-state index >= 15 is 4.39 Å². The maximum atomic E-state index is 15.7. The molecular formula is C27H19F2N5O. The Kier molecular flexibility index (Phi) is 6.09. The number of rotatable bonds is 6. The lowest BCUT2D eigenvalue weighted by Gasteiger charge is -2.10. The molecule has 5 rings (SSSR count). The highest BCUT2D eigenvalue weighted by Gasteiger charge is 2.19. The second-order valence-electron chi connectivity index (χ2n) is 7.58. The first-order valence-electron chi connectivity index (χ1n) is 10.7.